The number of hydrogen-bond acceptors (Lipinski definition) is 4. The highest BCUT2D eigenvalue weighted by Crippen LogP contribution is 2.46. The molecule has 1 aromatic heterocycles. The highest BCUT2D eigenvalue weighted by molar-refractivity contribution is 6.12. The highest BCUT2D eigenvalue weighted by atomic mass is 16.2. The summed E-state index contributed by atoms with van der Waals surface area (Å²) >= 11 is 0. The van der Waals surface area contributed by atoms with E-state index in [9.17, 15) is 9.59 Å². The second-order valence-electron chi connectivity index (χ2n) is 4.44. The molecule has 2 amide bonds. The lowest BCUT2D eigenvalue weighted by atomic mass is 10.1. The summed E-state index contributed by atoms with van der Waals surface area (Å²) in [6.07, 6.45) is 0.907. The van der Waals surface area contributed by atoms with E-state index in [1.54, 1.807) is 14.0 Å². The molecule has 0 saturated heterocycles. The molecule has 7 heteroatoms. The van der Waals surface area contributed by atoms with Crippen molar-refractivity contribution >= 4 is 17.5 Å². The Morgan fingerprint density at radius 3 is 2.61 bits per heavy atom. The molecule has 0 bridgehead atoms. The fraction of sp³-hybridized carbons (Fsp3) is 0.455. The van der Waals surface area contributed by atoms with E-state index in [2.05, 4.69) is 10.4 Å². The Bertz CT molecular complexity index is 577. The monoisotopic (exact) mass is 247 g/mol. The van der Waals surface area contributed by atoms with Gasteiger partial charge in [0.1, 0.15) is 17.2 Å². The number of carbonyl (C=O) groups is 2. The van der Waals surface area contributed by atoms with Crippen LogP contribution in [0.5, 0.6) is 0 Å². The van der Waals surface area contributed by atoms with Crippen LogP contribution in [0.15, 0.2) is 0 Å². The number of hydrogen-bond donors (Lipinski definition) is 2. The average molecular weight is 247 g/mol. The maximum Gasteiger partial charge on any atom is 0.240 e. The summed E-state index contributed by atoms with van der Waals surface area (Å²) < 4.78 is 1.38. The molecule has 2 rings (SSSR count). The number of rotatable bonds is 3. The third-order valence-corrected chi connectivity index (χ3v) is 3.22. The molecular weight excluding hydrogens is 234 g/mol. The van der Waals surface area contributed by atoms with Gasteiger partial charge in [0.25, 0.3) is 0 Å². The van der Waals surface area contributed by atoms with Gasteiger partial charge in [0.15, 0.2) is 5.69 Å². The van der Waals surface area contributed by atoms with E-state index < -0.39 is 17.2 Å². The lowest BCUT2D eigenvalue weighted by molar-refractivity contribution is -0.132. The highest BCUT2D eigenvalue weighted by Gasteiger charge is 2.55. The van der Waals surface area contributed by atoms with Gasteiger partial charge in [-0.3, -0.25) is 14.3 Å². The summed E-state index contributed by atoms with van der Waals surface area (Å²) in [5.74, 6) is -1.08. The molecule has 1 aliphatic carbocycles. The summed E-state index contributed by atoms with van der Waals surface area (Å²) in [5, 5.41) is 15.6. The third kappa shape index (κ3) is 1.62. The Labute approximate surface area is 104 Å². The summed E-state index contributed by atoms with van der Waals surface area (Å²) in [4.78, 5) is 23.2. The lowest BCUT2D eigenvalue weighted by Crippen LogP contribution is -2.36. The Kier molecular flexibility index (Phi) is 2.58. The van der Waals surface area contributed by atoms with Gasteiger partial charge in [0.2, 0.25) is 11.8 Å². The third-order valence-electron chi connectivity index (χ3n) is 3.22. The SMILES string of the molecule is Cc1nn(C)c(C#N)c1NC(=O)C1(C(N)=O)CC1. The first kappa shape index (κ1) is 12.1. The number of aryl methyl sites for hydroxylation is 2. The summed E-state index contributed by atoms with van der Waals surface area (Å²) in [6.45, 7) is 1.68. The van der Waals surface area contributed by atoms with Gasteiger partial charge in [-0.2, -0.15) is 10.4 Å². The zero-order chi connectivity index (χ0) is 13.5. The van der Waals surface area contributed by atoms with Crippen LogP contribution in [0.3, 0.4) is 0 Å². The van der Waals surface area contributed by atoms with Crippen molar-refractivity contribution in [3.05, 3.63) is 11.4 Å². The van der Waals surface area contributed by atoms with E-state index in [0.717, 1.165) is 0 Å². The number of carbonyl (C=O) groups excluding carboxylic acids is 2. The second-order valence-corrected chi connectivity index (χ2v) is 4.44. The van der Waals surface area contributed by atoms with Gasteiger partial charge >= 0.3 is 0 Å². The number of anilines is 1. The second kappa shape index (κ2) is 3.84. The van der Waals surface area contributed by atoms with Crippen LogP contribution in [0, 0.1) is 23.7 Å². The molecule has 0 radical (unpaired) electrons. The first-order chi connectivity index (χ1) is 8.42. The number of nitrogens with two attached hydrogens (primary N) is 1. The summed E-state index contributed by atoms with van der Waals surface area (Å²) in [6, 6.07) is 1.96. The van der Waals surface area contributed by atoms with Crippen molar-refractivity contribution in [3.63, 3.8) is 0 Å². The molecule has 0 aliphatic heterocycles. The van der Waals surface area contributed by atoms with E-state index in [0.29, 0.717) is 24.2 Å². The molecule has 0 unspecified atom stereocenters. The molecule has 1 aliphatic rings. The van der Waals surface area contributed by atoms with Crippen molar-refractivity contribution in [3.8, 4) is 6.07 Å². The smallest absolute Gasteiger partial charge is 0.240 e. The Morgan fingerprint density at radius 2 is 2.17 bits per heavy atom. The quantitative estimate of drug-likeness (QED) is 0.720. The predicted octanol–water partition coefficient (Wildman–Crippen LogP) is -0.196. The molecular formula is C11H13N5O2. The van der Waals surface area contributed by atoms with Crippen LogP contribution in [0.4, 0.5) is 5.69 Å². The fourth-order valence-electron chi connectivity index (χ4n) is 1.88. The minimum atomic E-state index is -1.10. The van der Waals surface area contributed by atoms with E-state index in [1.807, 2.05) is 6.07 Å². The maximum absolute atomic E-state index is 12.0. The van der Waals surface area contributed by atoms with Crippen molar-refractivity contribution in [1.29, 1.82) is 5.26 Å². The first-order valence-electron chi connectivity index (χ1n) is 5.47. The first-order valence-corrected chi connectivity index (χ1v) is 5.47. The van der Waals surface area contributed by atoms with Gasteiger partial charge in [-0.1, -0.05) is 0 Å². The average Bonchev–Trinajstić information content (AvgIpc) is 3.04. The predicted molar refractivity (Wildman–Crippen MR) is 62.2 cm³/mol. The Morgan fingerprint density at radius 1 is 1.56 bits per heavy atom. The normalized spacial score (nSPS) is 15.8. The molecule has 1 saturated carbocycles. The van der Waals surface area contributed by atoms with Crippen LogP contribution in [-0.2, 0) is 16.6 Å². The number of nitrogens with zero attached hydrogens (tertiary/aromatic N) is 3. The fourth-order valence-corrected chi connectivity index (χ4v) is 1.88. The molecule has 3 N–H and O–H groups in total. The molecule has 0 atom stereocenters. The van der Waals surface area contributed by atoms with Crippen LogP contribution in [0.25, 0.3) is 0 Å². The van der Waals surface area contributed by atoms with E-state index >= 15 is 0 Å². The topological polar surface area (TPSA) is 114 Å². The van der Waals surface area contributed by atoms with Gasteiger partial charge in [-0.15, -0.1) is 0 Å². The molecule has 1 heterocycles. The van der Waals surface area contributed by atoms with Crippen LogP contribution >= 0.6 is 0 Å². The summed E-state index contributed by atoms with van der Waals surface area (Å²) in [5.41, 5.74) is 5.24. The van der Waals surface area contributed by atoms with Crippen LogP contribution in [0.1, 0.15) is 24.2 Å². The van der Waals surface area contributed by atoms with Gasteiger partial charge in [-0.05, 0) is 19.8 Å². The Balaban J connectivity index is 2.29. The lowest BCUT2D eigenvalue weighted by Gasteiger charge is -2.11. The standard InChI is InChI=1S/C11H13N5O2/c1-6-8(7(5-12)16(2)15-6)14-10(18)11(3-4-11)9(13)17/h3-4H2,1-2H3,(H2,13,17)(H,14,18). The molecule has 1 fully saturated rings. The summed E-state index contributed by atoms with van der Waals surface area (Å²) in [7, 11) is 1.61. The zero-order valence-electron chi connectivity index (χ0n) is 10.1. The van der Waals surface area contributed by atoms with E-state index in [-0.39, 0.29) is 5.69 Å². The minimum Gasteiger partial charge on any atom is -0.369 e. The molecule has 0 spiro atoms. The van der Waals surface area contributed by atoms with Crippen molar-refractivity contribution in [2.45, 2.75) is 19.8 Å². The van der Waals surface area contributed by atoms with Crippen LogP contribution in [-0.4, -0.2) is 21.6 Å². The molecule has 1 aromatic rings. The minimum absolute atomic E-state index is 0.251. The largest absolute Gasteiger partial charge is 0.369 e. The van der Waals surface area contributed by atoms with Gasteiger partial charge < -0.3 is 11.1 Å². The van der Waals surface area contributed by atoms with Crippen molar-refractivity contribution in [1.82, 2.24) is 9.78 Å². The van der Waals surface area contributed by atoms with Crippen LogP contribution < -0.4 is 11.1 Å². The molecule has 18 heavy (non-hydrogen) atoms. The molecule has 94 valence electrons. The van der Waals surface area contributed by atoms with Gasteiger partial charge in [-0.25, -0.2) is 0 Å². The van der Waals surface area contributed by atoms with Crippen molar-refractivity contribution < 1.29 is 9.59 Å². The zero-order valence-corrected chi connectivity index (χ0v) is 10.1. The Hall–Kier alpha value is -2.36. The number of aromatic nitrogens is 2. The molecule has 7 nitrogen and oxygen atoms in total. The van der Waals surface area contributed by atoms with Gasteiger partial charge in [0, 0.05) is 7.05 Å². The van der Waals surface area contributed by atoms with E-state index in [4.69, 9.17) is 11.0 Å². The number of amides is 2. The maximum atomic E-state index is 12.0. The number of nitriles is 1. The van der Waals surface area contributed by atoms with E-state index in [1.165, 1.54) is 4.68 Å². The van der Waals surface area contributed by atoms with Crippen LogP contribution in [0.2, 0.25) is 0 Å². The number of primary amides is 1. The molecule has 0 aromatic carbocycles. The van der Waals surface area contributed by atoms with Crippen molar-refractivity contribution in [2.75, 3.05) is 5.32 Å². The van der Waals surface area contributed by atoms with Gasteiger partial charge in [0.05, 0.1) is 5.69 Å². The number of nitrogens with one attached hydrogen (secondary N) is 1. The van der Waals surface area contributed by atoms with Crippen molar-refractivity contribution in [2.24, 2.45) is 18.2 Å².